The average molecular weight is 253 g/mol. The largest absolute Gasteiger partial charge is 0.508 e. The highest BCUT2D eigenvalue weighted by Gasteiger charge is 1.99. The van der Waals surface area contributed by atoms with E-state index in [1.807, 2.05) is 12.1 Å². The van der Waals surface area contributed by atoms with Crippen molar-refractivity contribution < 1.29 is 5.11 Å². The minimum Gasteiger partial charge on any atom is -0.508 e. The van der Waals surface area contributed by atoms with Crippen molar-refractivity contribution in [1.29, 1.82) is 0 Å². The van der Waals surface area contributed by atoms with Crippen LogP contribution in [0.1, 0.15) is 5.69 Å². The van der Waals surface area contributed by atoms with E-state index in [0.29, 0.717) is 10.9 Å². The molecule has 1 N–H and O–H groups in total. The van der Waals surface area contributed by atoms with E-state index in [1.165, 1.54) is 6.20 Å². The normalized spacial score (nSPS) is 10.3. The fourth-order valence-electron chi connectivity index (χ4n) is 1.14. The Morgan fingerprint density at radius 3 is 2.81 bits per heavy atom. The highest BCUT2D eigenvalue weighted by Crippen LogP contribution is 2.24. The topological polar surface area (TPSA) is 46.0 Å². The maximum atomic E-state index is 9.29. The van der Waals surface area contributed by atoms with Crippen molar-refractivity contribution in [3.8, 4) is 5.75 Å². The Morgan fingerprint density at radius 1 is 1.25 bits per heavy atom. The van der Waals surface area contributed by atoms with Gasteiger partial charge in [0.15, 0.2) is 0 Å². The highest BCUT2D eigenvalue weighted by molar-refractivity contribution is 7.98. The molecule has 1 aromatic carbocycles. The van der Waals surface area contributed by atoms with Crippen LogP contribution in [0.2, 0.25) is 5.15 Å². The molecule has 5 heteroatoms. The van der Waals surface area contributed by atoms with Gasteiger partial charge >= 0.3 is 0 Å². The number of nitrogens with zero attached hydrogens (tertiary/aromatic N) is 2. The van der Waals surface area contributed by atoms with Crippen molar-refractivity contribution in [1.82, 2.24) is 9.97 Å². The van der Waals surface area contributed by atoms with Gasteiger partial charge in [-0.2, -0.15) is 0 Å². The maximum Gasteiger partial charge on any atom is 0.147 e. The van der Waals surface area contributed by atoms with Gasteiger partial charge < -0.3 is 5.11 Å². The summed E-state index contributed by atoms with van der Waals surface area (Å²) in [6.07, 6.45) is 3.18. The third-order valence-corrected chi connectivity index (χ3v) is 3.10. The standard InChI is InChI=1S/C11H9ClN2OS/c12-11-6-13-8(5-14-11)7-16-10-3-1-2-9(15)4-10/h1-6,15H,7H2. The molecule has 0 aliphatic carbocycles. The van der Waals surface area contributed by atoms with Crippen LogP contribution in [-0.4, -0.2) is 15.1 Å². The predicted octanol–water partition coefficient (Wildman–Crippen LogP) is 3.13. The molecule has 0 amide bonds. The Kier molecular flexibility index (Phi) is 3.64. The van der Waals surface area contributed by atoms with Crippen molar-refractivity contribution in [3.63, 3.8) is 0 Å². The fourth-order valence-corrected chi connectivity index (χ4v) is 2.08. The summed E-state index contributed by atoms with van der Waals surface area (Å²) in [6, 6.07) is 7.11. The van der Waals surface area contributed by atoms with Crippen LogP contribution in [0.5, 0.6) is 5.75 Å². The zero-order valence-electron chi connectivity index (χ0n) is 8.30. The van der Waals surface area contributed by atoms with E-state index >= 15 is 0 Å². The Hall–Kier alpha value is -1.26. The van der Waals surface area contributed by atoms with Crippen LogP contribution in [0.3, 0.4) is 0 Å². The van der Waals surface area contributed by atoms with E-state index < -0.39 is 0 Å². The van der Waals surface area contributed by atoms with Gasteiger partial charge in [-0.25, -0.2) is 4.98 Å². The van der Waals surface area contributed by atoms with Gasteiger partial charge in [-0.1, -0.05) is 17.7 Å². The van der Waals surface area contributed by atoms with Crippen molar-refractivity contribution >= 4 is 23.4 Å². The van der Waals surface area contributed by atoms with Gasteiger partial charge in [0.05, 0.1) is 18.1 Å². The van der Waals surface area contributed by atoms with Crippen LogP contribution in [0.25, 0.3) is 0 Å². The van der Waals surface area contributed by atoms with Crippen LogP contribution in [-0.2, 0) is 5.75 Å². The van der Waals surface area contributed by atoms with Gasteiger partial charge in [0, 0.05) is 10.6 Å². The number of phenolic OH excluding ortho intramolecular Hbond substituents is 1. The zero-order valence-corrected chi connectivity index (χ0v) is 9.87. The molecule has 0 saturated carbocycles. The Labute approximate surface area is 103 Å². The molecular weight excluding hydrogens is 244 g/mol. The number of rotatable bonds is 3. The molecule has 16 heavy (non-hydrogen) atoms. The summed E-state index contributed by atoms with van der Waals surface area (Å²) >= 11 is 7.22. The number of benzene rings is 1. The molecule has 0 bridgehead atoms. The maximum absolute atomic E-state index is 9.29. The summed E-state index contributed by atoms with van der Waals surface area (Å²) in [4.78, 5) is 9.08. The molecule has 0 radical (unpaired) electrons. The van der Waals surface area contributed by atoms with Crippen LogP contribution in [0.15, 0.2) is 41.6 Å². The first-order valence-electron chi connectivity index (χ1n) is 4.62. The van der Waals surface area contributed by atoms with E-state index in [0.717, 1.165) is 10.6 Å². The van der Waals surface area contributed by atoms with E-state index in [2.05, 4.69) is 9.97 Å². The summed E-state index contributed by atoms with van der Waals surface area (Å²) in [5.74, 6) is 0.973. The molecule has 82 valence electrons. The fraction of sp³-hybridized carbons (Fsp3) is 0.0909. The van der Waals surface area contributed by atoms with Crippen molar-refractivity contribution in [3.05, 3.63) is 47.5 Å². The predicted molar refractivity (Wildman–Crippen MR) is 64.7 cm³/mol. The SMILES string of the molecule is Oc1cccc(SCc2cnc(Cl)cn2)c1. The summed E-state index contributed by atoms with van der Waals surface area (Å²) in [5, 5.41) is 9.68. The second kappa shape index (κ2) is 5.18. The molecule has 0 fully saturated rings. The second-order valence-corrected chi connectivity index (χ2v) is 4.55. The van der Waals surface area contributed by atoms with Crippen molar-refractivity contribution in [2.24, 2.45) is 0 Å². The number of hydrogen-bond donors (Lipinski definition) is 1. The third kappa shape index (κ3) is 3.12. The average Bonchev–Trinajstić information content (AvgIpc) is 2.28. The van der Waals surface area contributed by atoms with E-state index in [9.17, 15) is 5.11 Å². The Balaban J connectivity index is 1.99. The summed E-state index contributed by atoms with van der Waals surface area (Å²) in [6.45, 7) is 0. The molecule has 0 atom stereocenters. The minimum atomic E-state index is 0.271. The molecule has 0 unspecified atom stereocenters. The lowest BCUT2D eigenvalue weighted by atomic mass is 10.3. The number of halogens is 1. The zero-order chi connectivity index (χ0) is 11.4. The molecule has 1 aromatic heterocycles. The van der Waals surface area contributed by atoms with Gasteiger partial charge in [-0.3, -0.25) is 4.98 Å². The lowest BCUT2D eigenvalue weighted by molar-refractivity contribution is 0.474. The van der Waals surface area contributed by atoms with Gasteiger partial charge in [0.2, 0.25) is 0 Å². The molecular formula is C11H9ClN2OS. The Bertz CT molecular complexity index is 476. The van der Waals surface area contributed by atoms with E-state index in [-0.39, 0.29) is 5.75 Å². The first kappa shape index (κ1) is 11.2. The molecule has 0 aliphatic heterocycles. The molecule has 3 nitrogen and oxygen atoms in total. The molecule has 0 aliphatic rings. The first-order valence-corrected chi connectivity index (χ1v) is 5.98. The van der Waals surface area contributed by atoms with Crippen LogP contribution in [0.4, 0.5) is 0 Å². The number of aromatic nitrogens is 2. The van der Waals surface area contributed by atoms with Crippen LogP contribution in [0, 0.1) is 0 Å². The Morgan fingerprint density at radius 2 is 2.12 bits per heavy atom. The monoisotopic (exact) mass is 252 g/mol. The molecule has 0 spiro atoms. The summed E-state index contributed by atoms with van der Waals surface area (Å²) < 4.78 is 0. The number of hydrogen-bond acceptors (Lipinski definition) is 4. The summed E-state index contributed by atoms with van der Waals surface area (Å²) in [5.41, 5.74) is 0.859. The summed E-state index contributed by atoms with van der Waals surface area (Å²) in [7, 11) is 0. The lowest BCUT2D eigenvalue weighted by Crippen LogP contribution is -1.88. The van der Waals surface area contributed by atoms with Crippen molar-refractivity contribution in [2.75, 3.05) is 0 Å². The second-order valence-electron chi connectivity index (χ2n) is 3.12. The number of thioether (sulfide) groups is 1. The van der Waals surface area contributed by atoms with E-state index in [4.69, 9.17) is 11.6 Å². The van der Waals surface area contributed by atoms with Gasteiger partial charge in [-0.05, 0) is 18.2 Å². The number of phenols is 1. The third-order valence-electron chi connectivity index (χ3n) is 1.88. The smallest absolute Gasteiger partial charge is 0.147 e. The highest BCUT2D eigenvalue weighted by atomic mass is 35.5. The molecule has 2 rings (SSSR count). The first-order chi connectivity index (χ1) is 7.74. The van der Waals surface area contributed by atoms with Crippen molar-refractivity contribution in [2.45, 2.75) is 10.6 Å². The van der Waals surface area contributed by atoms with Crippen LogP contribution >= 0.6 is 23.4 Å². The molecule has 0 saturated heterocycles. The van der Waals surface area contributed by atoms with Gasteiger partial charge in [-0.15, -0.1) is 11.8 Å². The van der Waals surface area contributed by atoms with E-state index in [1.54, 1.807) is 30.1 Å². The quantitative estimate of drug-likeness (QED) is 0.853. The minimum absolute atomic E-state index is 0.271. The number of aromatic hydroxyl groups is 1. The molecule has 2 aromatic rings. The lowest BCUT2D eigenvalue weighted by Gasteiger charge is -2.01. The molecule has 1 heterocycles. The van der Waals surface area contributed by atoms with Crippen LogP contribution < -0.4 is 0 Å². The van der Waals surface area contributed by atoms with Gasteiger partial charge in [0.1, 0.15) is 10.9 Å². The van der Waals surface area contributed by atoms with Gasteiger partial charge in [0.25, 0.3) is 0 Å².